The molecule has 0 spiro atoms. The predicted molar refractivity (Wildman–Crippen MR) is 78.5 cm³/mol. The summed E-state index contributed by atoms with van der Waals surface area (Å²) in [6, 6.07) is 11.6. The first-order valence-electron chi connectivity index (χ1n) is 6.50. The molecule has 1 N–H and O–H groups in total. The van der Waals surface area contributed by atoms with Crippen molar-refractivity contribution < 1.29 is 14.6 Å². The number of rotatable bonds is 4. The Kier molecular flexibility index (Phi) is 3.31. The Bertz CT molecular complexity index is 808. The van der Waals surface area contributed by atoms with E-state index in [1.54, 1.807) is 17.8 Å². The number of aliphatic carboxylic acids is 1. The summed E-state index contributed by atoms with van der Waals surface area (Å²) in [4.78, 5) is 10.9. The molecule has 0 aliphatic rings. The maximum atomic E-state index is 10.9. The van der Waals surface area contributed by atoms with Gasteiger partial charge in [0, 0.05) is 11.8 Å². The molecule has 2 aromatic heterocycles. The van der Waals surface area contributed by atoms with Crippen LogP contribution in [-0.4, -0.2) is 27.8 Å². The lowest BCUT2D eigenvalue weighted by Gasteiger charge is -2.06. The number of fused-ring (bicyclic) bond motifs is 1. The summed E-state index contributed by atoms with van der Waals surface area (Å²) in [6.07, 6.45) is 3.39. The molecule has 0 aliphatic carbocycles. The molecule has 0 unspecified atom stereocenters. The fraction of sp³-hybridized carbons (Fsp3) is 0.125. The van der Waals surface area contributed by atoms with E-state index in [1.807, 2.05) is 42.6 Å². The topological polar surface area (TPSA) is 63.8 Å². The van der Waals surface area contributed by atoms with E-state index in [0.29, 0.717) is 5.56 Å². The van der Waals surface area contributed by atoms with Crippen LogP contribution in [0.3, 0.4) is 0 Å². The van der Waals surface area contributed by atoms with Crippen molar-refractivity contribution in [1.82, 2.24) is 9.61 Å². The average Bonchev–Trinajstić information content (AvgIpc) is 2.89. The summed E-state index contributed by atoms with van der Waals surface area (Å²) in [5, 5.41) is 13.1. The fourth-order valence-electron chi connectivity index (χ4n) is 2.31. The lowest BCUT2D eigenvalue weighted by Crippen LogP contribution is -1.99. The first-order chi connectivity index (χ1) is 10.2. The van der Waals surface area contributed by atoms with Gasteiger partial charge in [-0.2, -0.15) is 5.10 Å². The number of carbonyl (C=O) groups is 1. The summed E-state index contributed by atoms with van der Waals surface area (Å²) >= 11 is 0. The van der Waals surface area contributed by atoms with Crippen LogP contribution in [0.2, 0.25) is 0 Å². The van der Waals surface area contributed by atoms with Crippen LogP contribution in [0.4, 0.5) is 0 Å². The predicted octanol–water partition coefficient (Wildman–Crippen LogP) is 2.64. The number of nitrogens with zero attached hydrogens (tertiary/aromatic N) is 2. The zero-order valence-corrected chi connectivity index (χ0v) is 11.5. The molecule has 3 aromatic rings. The minimum Gasteiger partial charge on any atom is -0.497 e. The maximum Gasteiger partial charge on any atom is 0.307 e. The van der Waals surface area contributed by atoms with Crippen LogP contribution in [0.15, 0.2) is 48.8 Å². The standard InChI is InChI=1S/C16H14N2O3/c1-21-14-4-2-3-11(7-14)12-5-6-18-15(8-12)13(10-17-18)9-16(19)20/h2-8,10H,9H2,1H3,(H,19,20). The molecular formula is C16H14N2O3. The molecule has 0 amide bonds. The summed E-state index contributed by atoms with van der Waals surface area (Å²) in [5.74, 6) is -0.0803. The maximum absolute atomic E-state index is 10.9. The van der Waals surface area contributed by atoms with E-state index < -0.39 is 5.97 Å². The number of carboxylic acid groups (broad SMARTS) is 1. The third-order valence-electron chi connectivity index (χ3n) is 3.35. The second-order valence-corrected chi connectivity index (χ2v) is 4.72. The van der Waals surface area contributed by atoms with E-state index in [9.17, 15) is 4.79 Å². The van der Waals surface area contributed by atoms with Gasteiger partial charge in [-0.25, -0.2) is 4.52 Å². The highest BCUT2D eigenvalue weighted by molar-refractivity contribution is 5.77. The summed E-state index contributed by atoms with van der Waals surface area (Å²) in [7, 11) is 1.63. The van der Waals surface area contributed by atoms with Crippen molar-refractivity contribution in [3.63, 3.8) is 0 Å². The highest BCUT2D eigenvalue weighted by atomic mass is 16.5. The van der Waals surface area contributed by atoms with Gasteiger partial charge in [-0.05, 0) is 35.4 Å². The van der Waals surface area contributed by atoms with Crippen molar-refractivity contribution in [1.29, 1.82) is 0 Å². The SMILES string of the molecule is COc1cccc(-c2ccn3ncc(CC(=O)O)c3c2)c1. The zero-order valence-electron chi connectivity index (χ0n) is 11.5. The minimum atomic E-state index is -0.864. The number of hydrogen-bond donors (Lipinski definition) is 1. The Hall–Kier alpha value is -2.82. The normalized spacial score (nSPS) is 10.7. The van der Waals surface area contributed by atoms with Gasteiger partial charge in [0.1, 0.15) is 5.75 Å². The van der Waals surface area contributed by atoms with E-state index in [-0.39, 0.29) is 6.42 Å². The van der Waals surface area contributed by atoms with Gasteiger partial charge in [0.05, 0.1) is 25.2 Å². The Morgan fingerprint density at radius 1 is 1.29 bits per heavy atom. The second-order valence-electron chi connectivity index (χ2n) is 4.72. The van der Waals surface area contributed by atoms with Crippen LogP contribution in [-0.2, 0) is 11.2 Å². The van der Waals surface area contributed by atoms with Crippen molar-refractivity contribution in [2.75, 3.05) is 7.11 Å². The van der Waals surface area contributed by atoms with Crippen LogP contribution in [0.1, 0.15) is 5.56 Å². The second kappa shape index (κ2) is 5.28. The average molecular weight is 282 g/mol. The van der Waals surface area contributed by atoms with Crippen molar-refractivity contribution >= 4 is 11.5 Å². The smallest absolute Gasteiger partial charge is 0.307 e. The Morgan fingerprint density at radius 2 is 2.10 bits per heavy atom. The van der Waals surface area contributed by atoms with Crippen LogP contribution < -0.4 is 4.74 Å². The van der Waals surface area contributed by atoms with Gasteiger partial charge in [-0.3, -0.25) is 4.79 Å². The Morgan fingerprint density at radius 3 is 2.86 bits per heavy atom. The van der Waals surface area contributed by atoms with Crippen LogP contribution >= 0.6 is 0 Å². The lowest BCUT2D eigenvalue weighted by atomic mass is 10.1. The molecule has 0 aliphatic heterocycles. The zero-order chi connectivity index (χ0) is 14.8. The van der Waals surface area contributed by atoms with Gasteiger partial charge in [-0.1, -0.05) is 12.1 Å². The Balaban J connectivity index is 2.08. The van der Waals surface area contributed by atoms with E-state index in [1.165, 1.54) is 0 Å². The number of methoxy groups -OCH3 is 1. The van der Waals surface area contributed by atoms with Crippen LogP contribution in [0, 0.1) is 0 Å². The third kappa shape index (κ3) is 2.58. The molecule has 0 radical (unpaired) electrons. The van der Waals surface area contributed by atoms with Crippen molar-refractivity contribution in [2.45, 2.75) is 6.42 Å². The van der Waals surface area contributed by atoms with Gasteiger partial charge in [0.2, 0.25) is 0 Å². The van der Waals surface area contributed by atoms with Crippen LogP contribution in [0.25, 0.3) is 16.6 Å². The molecule has 3 rings (SSSR count). The van der Waals surface area contributed by atoms with Gasteiger partial charge in [0.25, 0.3) is 0 Å². The van der Waals surface area contributed by atoms with E-state index >= 15 is 0 Å². The Labute approximate surface area is 121 Å². The molecule has 106 valence electrons. The van der Waals surface area contributed by atoms with Gasteiger partial charge < -0.3 is 9.84 Å². The molecule has 0 atom stereocenters. The molecule has 0 saturated carbocycles. The number of benzene rings is 1. The van der Waals surface area contributed by atoms with Crippen molar-refractivity contribution in [3.8, 4) is 16.9 Å². The van der Waals surface area contributed by atoms with E-state index in [4.69, 9.17) is 9.84 Å². The molecule has 0 bridgehead atoms. The molecule has 5 heteroatoms. The monoisotopic (exact) mass is 282 g/mol. The number of ether oxygens (including phenoxy) is 1. The lowest BCUT2D eigenvalue weighted by molar-refractivity contribution is -0.136. The van der Waals surface area contributed by atoms with E-state index in [0.717, 1.165) is 22.4 Å². The molecule has 5 nitrogen and oxygen atoms in total. The van der Waals surface area contributed by atoms with Crippen molar-refractivity contribution in [2.24, 2.45) is 0 Å². The van der Waals surface area contributed by atoms with Crippen molar-refractivity contribution in [3.05, 3.63) is 54.4 Å². The molecule has 0 saturated heterocycles. The fourth-order valence-corrected chi connectivity index (χ4v) is 2.31. The quantitative estimate of drug-likeness (QED) is 0.799. The number of pyridine rings is 1. The minimum absolute atomic E-state index is 0.0366. The molecule has 2 heterocycles. The molecular weight excluding hydrogens is 268 g/mol. The van der Waals surface area contributed by atoms with Crippen LogP contribution in [0.5, 0.6) is 5.75 Å². The van der Waals surface area contributed by atoms with E-state index in [2.05, 4.69) is 5.10 Å². The number of carboxylic acids is 1. The molecule has 1 aromatic carbocycles. The summed E-state index contributed by atoms with van der Waals surface area (Å²) in [6.45, 7) is 0. The molecule has 0 fully saturated rings. The first kappa shape index (κ1) is 13.2. The van der Waals surface area contributed by atoms with Gasteiger partial charge in [0.15, 0.2) is 0 Å². The number of aromatic nitrogens is 2. The van der Waals surface area contributed by atoms with Gasteiger partial charge >= 0.3 is 5.97 Å². The molecule has 21 heavy (non-hydrogen) atoms. The largest absolute Gasteiger partial charge is 0.497 e. The summed E-state index contributed by atoms with van der Waals surface area (Å²) in [5.41, 5.74) is 3.51. The third-order valence-corrected chi connectivity index (χ3v) is 3.35. The highest BCUT2D eigenvalue weighted by Crippen LogP contribution is 2.25. The summed E-state index contributed by atoms with van der Waals surface area (Å²) < 4.78 is 6.91. The highest BCUT2D eigenvalue weighted by Gasteiger charge is 2.09. The first-order valence-corrected chi connectivity index (χ1v) is 6.50. The van der Waals surface area contributed by atoms with Gasteiger partial charge in [-0.15, -0.1) is 0 Å². The number of hydrogen-bond acceptors (Lipinski definition) is 3.